The van der Waals surface area contributed by atoms with Gasteiger partial charge >= 0.3 is 0 Å². The van der Waals surface area contributed by atoms with Crippen molar-refractivity contribution in [3.63, 3.8) is 0 Å². The van der Waals surface area contributed by atoms with E-state index in [0.29, 0.717) is 0 Å². The molecule has 1 aromatic carbocycles. The van der Waals surface area contributed by atoms with Crippen molar-refractivity contribution in [1.82, 2.24) is 5.32 Å². The molecule has 0 radical (unpaired) electrons. The van der Waals surface area contributed by atoms with Gasteiger partial charge in [-0.2, -0.15) is 0 Å². The number of fused-ring (bicyclic) bond motifs is 1. The van der Waals surface area contributed by atoms with Gasteiger partial charge in [0.25, 0.3) is 0 Å². The summed E-state index contributed by atoms with van der Waals surface area (Å²) in [7, 11) is 1.72. The molecule has 0 spiro atoms. The van der Waals surface area contributed by atoms with Crippen molar-refractivity contribution in [2.75, 3.05) is 13.7 Å². The van der Waals surface area contributed by atoms with Crippen LogP contribution in [0.4, 0.5) is 0 Å². The van der Waals surface area contributed by atoms with Crippen molar-refractivity contribution >= 4 is 11.0 Å². The van der Waals surface area contributed by atoms with Gasteiger partial charge in [0.2, 0.25) is 0 Å². The molecule has 1 heterocycles. The number of hydrogen-bond acceptors (Lipinski definition) is 3. The summed E-state index contributed by atoms with van der Waals surface area (Å²) in [5.41, 5.74) is 3.52. The smallest absolute Gasteiger partial charge is 0.138 e. The Morgan fingerprint density at radius 3 is 2.43 bits per heavy atom. The third-order valence-corrected chi connectivity index (χ3v) is 3.88. The third-order valence-electron chi connectivity index (χ3n) is 3.88. The maximum atomic E-state index is 6.23. The summed E-state index contributed by atoms with van der Waals surface area (Å²) >= 11 is 0. The largest absolute Gasteiger partial charge is 0.497 e. The zero-order valence-electron chi connectivity index (χ0n) is 14.1. The fraction of sp³-hybridized carbons (Fsp3) is 0.556. The Morgan fingerprint density at radius 2 is 1.90 bits per heavy atom. The summed E-state index contributed by atoms with van der Waals surface area (Å²) in [6.45, 7) is 12.6. The van der Waals surface area contributed by atoms with Crippen LogP contribution in [-0.2, 0) is 18.4 Å². The van der Waals surface area contributed by atoms with E-state index in [4.69, 9.17) is 9.15 Å². The van der Waals surface area contributed by atoms with E-state index in [1.54, 1.807) is 7.11 Å². The molecule has 1 aromatic heterocycles. The van der Waals surface area contributed by atoms with Gasteiger partial charge in [0.1, 0.15) is 17.1 Å². The lowest BCUT2D eigenvalue weighted by Crippen LogP contribution is -2.12. The number of hydrogen-bond donors (Lipinski definition) is 1. The molecule has 0 aliphatic heterocycles. The Hall–Kier alpha value is -1.48. The molecule has 0 fully saturated rings. The highest BCUT2D eigenvalue weighted by Gasteiger charge is 2.23. The lowest BCUT2D eigenvalue weighted by Gasteiger charge is -2.20. The van der Waals surface area contributed by atoms with Crippen LogP contribution in [0, 0.1) is 0 Å². The van der Waals surface area contributed by atoms with Gasteiger partial charge in [-0.1, -0.05) is 34.6 Å². The number of benzene rings is 1. The van der Waals surface area contributed by atoms with Crippen molar-refractivity contribution in [3.8, 4) is 5.75 Å². The second-order valence-electron chi connectivity index (χ2n) is 6.44. The molecule has 2 aromatic rings. The van der Waals surface area contributed by atoms with Gasteiger partial charge in [0.05, 0.1) is 13.7 Å². The number of furan rings is 1. The molecular formula is C18H27NO2. The molecule has 0 atom stereocenters. The van der Waals surface area contributed by atoms with Crippen LogP contribution in [0.1, 0.15) is 51.5 Å². The molecule has 21 heavy (non-hydrogen) atoms. The average molecular weight is 289 g/mol. The predicted octanol–water partition coefficient (Wildman–Crippen LogP) is 4.41. The van der Waals surface area contributed by atoms with Crippen LogP contribution in [0.5, 0.6) is 5.75 Å². The molecule has 0 unspecified atom stereocenters. The van der Waals surface area contributed by atoms with Crippen LogP contribution >= 0.6 is 0 Å². The maximum absolute atomic E-state index is 6.23. The first-order valence-electron chi connectivity index (χ1n) is 7.75. The second-order valence-corrected chi connectivity index (χ2v) is 6.44. The van der Waals surface area contributed by atoms with E-state index in [1.165, 1.54) is 16.5 Å². The van der Waals surface area contributed by atoms with Gasteiger partial charge in [0, 0.05) is 16.5 Å². The zero-order valence-corrected chi connectivity index (χ0v) is 14.1. The topological polar surface area (TPSA) is 34.4 Å². The predicted molar refractivity (Wildman–Crippen MR) is 88.2 cm³/mol. The van der Waals surface area contributed by atoms with Crippen molar-refractivity contribution < 1.29 is 9.15 Å². The summed E-state index contributed by atoms with van der Waals surface area (Å²) in [6, 6.07) is 4.20. The lowest BCUT2D eigenvalue weighted by molar-refractivity contribution is 0.413. The summed E-state index contributed by atoms with van der Waals surface area (Å²) < 4.78 is 11.7. The van der Waals surface area contributed by atoms with Crippen molar-refractivity contribution in [2.45, 2.75) is 53.0 Å². The van der Waals surface area contributed by atoms with E-state index in [-0.39, 0.29) is 5.41 Å². The summed E-state index contributed by atoms with van der Waals surface area (Å²) in [4.78, 5) is 0. The van der Waals surface area contributed by atoms with E-state index in [9.17, 15) is 0 Å². The average Bonchev–Trinajstić information content (AvgIpc) is 2.79. The minimum atomic E-state index is 0.0190. The molecule has 3 heteroatoms. The van der Waals surface area contributed by atoms with Gasteiger partial charge in [0.15, 0.2) is 0 Å². The molecule has 0 aliphatic carbocycles. The Bertz CT molecular complexity index is 620. The first kappa shape index (κ1) is 15.9. The van der Waals surface area contributed by atoms with Crippen LogP contribution in [0.25, 0.3) is 11.0 Å². The lowest BCUT2D eigenvalue weighted by atomic mass is 9.85. The Labute approximate surface area is 127 Å². The number of methoxy groups -OCH3 is 1. The Balaban J connectivity index is 2.70. The fourth-order valence-corrected chi connectivity index (χ4v) is 2.72. The molecule has 0 saturated heterocycles. The van der Waals surface area contributed by atoms with Crippen LogP contribution in [-0.4, -0.2) is 13.7 Å². The third kappa shape index (κ3) is 3.08. The van der Waals surface area contributed by atoms with Gasteiger partial charge in [-0.25, -0.2) is 0 Å². The van der Waals surface area contributed by atoms with Crippen LogP contribution in [0.3, 0.4) is 0 Å². The Kier molecular flexibility index (Phi) is 4.62. The van der Waals surface area contributed by atoms with Crippen LogP contribution in [0.15, 0.2) is 16.5 Å². The second kappa shape index (κ2) is 6.10. The highest BCUT2D eigenvalue weighted by molar-refractivity contribution is 5.87. The molecule has 0 saturated carbocycles. The summed E-state index contributed by atoms with van der Waals surface area (Å²) in [6.07, 6.45) is 0.963. The molecule has 0 amide bonds. The van der Waals surface area contributed by atoms with E-state index >= 15 is 0 Å². The number of ether oxygens (including phenoxy) is 1. The summed E-state index contributed by atoms with van der Waals surface area (Å²) in [5.74, 6) is 1.95. The maximum Gasteiger partial charge on any atom is 0.138 e. The fourth-order valence-electron chi connectivity index (χ4n) is 2.72. The SMILES string of the molecule is CCNCc1oc2c(C(C)(C)C)cc(OC)cc2c1CC. The molecule has 3 nitrogen and oxygen atoms in total. The van der Waals surface area contributed by atoms with Gasteiger partial charge in [-0.15, -0.1) is 0 Å². The normalized spacial score (nSPS) is 12.1. The number of nitrogens with one attached hydrogen (secondary N) is 1. The van der Waals surface area contributed by atoms with E-state index in [0.717, 1.165) is 36.6 Å². The summed E-state index contributed by atoms with van der Waals surface area (Å²) in [5, 5.41) is 4.55. The molecule has 116 valence electrons. The first-order chi connectivity index (χ1) is 9.92. The monoisotopic (exact) mass is 289 g/mol. The van der Waals surface area contributed by atoms with Crippen molar-refractivity contribution in [2.24, 2.45) is 0 Å². The highest BCUT2D eigenvalue weighted by Crippen LogP contribution is 2.38. The van der Waals surface area contributed by atoms with Gasteiger partial charge in [-0.3, -0.25) is 0 Å². The molecule has 0 aliphatic rings. The zero-order chi connectivity index (χ0) is 15.6. The molecular weight excluding hydrogens is 262 g/mol. The van der Waals surface area contributed by atoms with Crippen LogP contribution in [0.2, 0.25) is 0 Å². The van der Waals surface area contributed by atoms with Crippen LogP contribution < -0.4 is 10.1 Å². The van der Waals surface area contributed by atoms with Crippen molar-refractivity contribution in [1.29, 1.82) is 0 Å². The van der Waals surface area contributed by atoms with Gasteiger partial charge in [-0.05, 0) is 30.5 Å². The first-order valence-corrected chi connectivity index (χ1v) is 7.75. The van der Waals surface area contributed by atoms with E-state index < -0.39 is 0 Å². The molecule has 0 bridgehead atoms. The molecule has 1 N–H and O–H groups in total. The minimum Gasteiger partial charge on any atom is -0.497 e. The Morgan fingerprint density at radius 1 is 1.19 bits per heavy atom. The van der Waals surface area contributed by atoms with Crippen molar-refractivity contribution in [3.05, 3.63) is 29.0 Å². The van der Waals surface area contributed by atoms with Gasteiger partial charge < -0.3 is 14.5 Å². The standard InChI is InChI=1S/C18H27NO2/c1-7-13-14-9-12(20-6)10-15(18(3,4)5)17(14)21-16(13)11-19-8-2/h9-10,19H,7-8,11H2,1-6H3. The quantitative estimate of drug-likeness (QED) is 0.885. The molecule has 2 rings (SSSR count). The van der Waals surface area contributed by atoms with E-state index in [2.05, 4.69) is 52.1 Å². The highest BCUT2D eigenvalue weighted by atomic mass is 16.5. The number of rotatable bonds is 5. The van der Waals surface area contributed by atoms with E-state index in [1.807, 2.05) is 0 Å². The number of aryl methyl sites for hydroxylation is 1. The minimum absolute atomic E-state index is 0.0190.